The van der Waals surface area contributed by atoms with Crippen molar-refractivity contribution in [3.05, 3.63) is 94.5 Å². The van der Waals surface area contributed by atoms with E-state index in [9.17, 15) is 14.7 Å². The van der Waals surface area contributed by atoms with Gasteiger partial charge in [-0.2, -0.15) is 10.2 Å². The van der Waals surface area contributed by atoms with Crippen molar-refractivity contribution < 1.29 is 9.90 Å². The van der Waals surface area contributed by atoms with Crippen LogP contribution in [-0.4, -0.2) is 42.6 Å². The van der Waals surface area contributed by atoms with E-state index in [0.29, 0.717) is 11.1 Å². The van der Waals surface area contributed by atoms with Crippen LogP contribution in [0.15, 0.2) is 77.6 Å². The van der Waals surface area contributed by atoms with Gasteiger partial charge in [0.15, 0.2) is 5.69 Å². The number of carbonyl (C=O) groups is 1. The number of aromatic amines is 1. The van der Waals surface area contributed by atoms with Gasteiger partial charge in [-0.1, -0.05) is 54.6 Å². The van der Waals surface area contributed by atoms with Crippen LogP contribution >= 0.6 is 0 Å². The number of H-pyrrole nitrogens is 1. The molecule has 2 aromatic heterocycles. The van der Waals surface area contributed by atoms with E-state index >= 15 is 0 Å². The molecular weight excluding hydrogens is 502 g/mol. The van der Waals surface area contributed by atoms with Gasteiger partial charge in [0, 0.05) is 22.7 Å². The van der Waals surface area contributed by atoms with Gasteiger partial charge in [0.2, 0.25) is 0 Å². The second-order valence-electron chi connectivity index (χ2n) is 11.4. The first-order chi connectivity index (χ1) is 19.3. The summed E-state index contributed by atoms with van der Waals surface area (Å²) in [6.45, 7) is 3.74. The summed E-state index contributed by atoms with van der Waals surface area (Å²) in [6.07, 6.45) is 3.35. The van der Waals surface area contributed by atoms with Gasteiger partial charge in [0.1, 0.15) is 0 Å². The number of hydrogen-bond acceptors (Lipinski definition) is 5. The number of aromatic nitrogens is 4. The fraction of sp³-hybridized carbons (Fsp3) is 0.312. The van der Waals surface area contributed by atoms with Crippen molar-refractivity contribution in [2.75, 3.05) is 0 Å². The first-order valence-corrected chi connectivity index (χ1v) is 13.8. The Hall–Kier alpha value is -4.30. The maximum absolute atomic E-state index is 13.5. The van der Waals surface area contributed by atoms with Crippen molar-refractivity contribution in [1.82, 2.24) is 25.3 Å². The van der Waals surface area contributed by atoms with Crippen molar-refractivity contribution in [2.24, 2.45) is 0 Å². The summed E-state index contributed by atoms with van der Waals surface area (Å²) in [6, 6.07) is 23.7. The molecule has 6 rings (SSSR count). The highest BCUT2D eigenvalue weighted by molar-refractivity contribution is 6.05. The molecule has 0 spiro atoms. The molecule has 8 heteroatoms. The standard InChI is InChI=1S/C32H33N5O3/c1-32(2,40)19-37-27-18-22(20-8-4-3-5-9-20)14-17-26(27)29(36-37)31(39)33-23-15-12-21(13-16-23)28-24-10-6-7-11-25(24)30(38)35-34-28/h3-11,14,17-18,21,23,40H,12-13,15-16,19H2,1-2H3,(H,33,39)(H,35,38)/t21-,23-. The Morgan fingerprint density at radius 3 is 2.38 bits per heavy atom. The molecule has 0 aliphatic heterocycles. The number of amides is 1. The van der Waals surface area contributed by atoms with Crippen LogP contribution in [0.3, 0.4) is 0 Å². The molecular formula is C32H33N5O3. The topological polar surface area (TPSA) is 113 Å². The van der Waals surface area contributed by atoms with Crippen molar-refractivity contribution in [3.8, 4) is 11.1 Å². The maximum atomic E-state index is 13.5. The third-order valence-electron chi connectivity index (χ3n) is 7.79. The predicted octanol–water partition coefficient (Wildman–Crippen LogP) is 5.17. The van der Waals surface area contributed by atoms with Crippen molar-refractivity contribution >= 4 is 27.6 Å². The Kier molecular flexibility index (Phi) is 6.72. The zero-order valence-corrected chi connectivity index (χ0v) is 22.7. The summed E-state index contributed by atoms with van der Waals surface area (Å²) in [5.74, 6) is 0.0150. The molecule has 1 saturated carbocycles. The van der Waals surface area contributed by atoms with Crippen LogP contribution in [-0.2, 0) is 6.54 Å². The van der Waals surface area contributed by atoms with Gasteiger partial charge in [0.05, 0.1) is 28.7 Å². The zero-order valence-electron chi connectivity index (χ0n) is 22.7. The third kappa shape index (κ3) is 5.14. The Morgan fingerprint density at radius 1 is 0.950 bits per heavy atom. The fourth-order valence-corrected chi connectivity index (χ4v) is 5.85. The van der Waals surface area contributed by atoms with Crippen LogP contribution in [0.5, 0.6) is 0 Å². The first-order valence-electron chi connectivity index (χ1n) is 13.8. The van der Waals surface area contributed by atoms with Gasteiger partial charge in [-0.3, -0.25) is 14.3 Å². The SMILES string of the molecule is CC(C)(O)Cn1nc(C(=O)N[C@H]2CC[C@H](c3n[nH]c(=O)c4ccccc43)CC2)c2ccc(-c3ccccc3)cc21. The number of nitrogens with zero attached hydrogens (tertiary/aromatic N) is 3. The molecule has 0 unspecified atom stereocenters. The van der Waals surface area contributed by atoms with Gasteiger partial charge < -0.3 is 10.4 Å². The van der Waals surface area contributed by atoms with Crippen LogP contribution in [0.25, 0.3) is 32.8 Å². The number of aliphatic hydroxyl groups is 1. The van der Waals surface area contributed by atoms with Crippen molar-refractivity contribution in [3.63, 3.8) is 0 Å². The summed E-state index contributed by atoms with van der Waals surface area (Å²) in [7, 11) is 0. The number of carbonyl (C=O) groups excluding carboxylic acids is 1. The lowest BCUT2D eigenvalue weighted by atomic mass is 9.82. The molecule has 0 radical (unpaired) electrons. The molecule has 0 atom stereocenters. The Labute approximate surface area is 232 Å². The molecule has 204 valence electrons. The van der Waals surface area contributed by atoms with Gasteiger partial charge in [0.25, 0.3) is 11.5 Å². The molecule has 40 heavy (non-hydrogen) atoms. The van der Waals surface area contributed by atoms with E-state index in [2.05, 4.69) is 20.6 Å². The van der Waals surface area contributed by atoms with Gasteiger partial charge in [-0.25, -0.2) is 5.10 Å². The number of nitrogens with one attached hydrogen (secondary N) is 2. The molecule has 3 aromatic carbocycles. The molecule has 5 aromatic rings. The Bertz CT molecular complexity index is 1740. The summed E-state index contributed by atoms with van der Waals surface area (Å²) in [5.41, 5.74) is 3.04. The highest BCUT2D eigenvalue weighted by Crippen LogP contribution is 2.35. The smallest absolute Gasteiger partial charge is 0.272 e. The molecule has 1 amide bonds. The number of hydrogen-bond donors (Lipinski definition) is 3. The number of benzene rings is 3. The molecule has 8 nitrogen and oxygen atoms in total. The van der Waals surface area contributed by atoms with E-state index in [1.54, 1.807) is 18.5 Å². The number of fused-ring (bicyclic) bond motifs is 2. The van der Waals surface area contributed by atoms with Crippen molar-refractivity contribution in [2.45, 2.75) is 63.6 Å². The second kappa shape index (κ2) is 10.4. The summed E-state index contributed by atoms with van der Waals surface area (Å²) < 4.78 is 1.74. The maximum Gasteiger partial charge on any atom is 0.272 e. The largest absolute Gasteiger partial charge is 0.389 e. The van der Waals surface area contributed by atoms with Gasteiger partial charge >= 0.3 is 0 Å². The fourth-order valence-electron chi connectivity index (χ4n) is 5.85. The Morgan fingerprint density at radius 2 is 1.65 bits per heavy atom. The lowest BCUT2D eigenvalue weighted by molar-refractivity contribution is 0.0587. The lowest BCUT2D eigenvalue weighted by Gasteiger charge is -2.29. The average molecular weight is 536 g/mol. The summed E-state index contributed by atoms with van der Waals surface area (Å²) in [4.78, 5) is 25.7. The van der Waals surface area contributed by atoms with Gasteiger partial charge in [-0.15, -0.1) is 0 Å². The van der Waals surface area contributed by atoms with E-state index in [1.165, 1.54) is 0 Å². The molecule has 1 aliphatic carbocycles. The van der Waals surface area contributed by atoms with Crippen LogP contribution in [0.4, 0.5) is 0 Å². The zero-order chi connectivity index (χ0) is 27.9. The number of rotatable bonds is 6. The average Bonchev–Trinajstić information content (AvgIpc) is 3.31. The van der Waals surface area contributed by atoms with Crippen LogP contribution in [0.2, 0.25) is 0 Å². The summed E-state index contributed by atoms with van der Waals surface area (Å²) in [5, 5.41) is 27.8. The molecule has 0 bridgehead atoms. The molecule has 1 aliphatic rings. The van der Waals surface area contributed by atoms with Crippen LogP contribution in [0.1, 0.15) is 61.6 Å². The van der Waals surface area contributed by atoms with Crippen molar-refractivity contribution in [1.29, 1.82) is 0 Å². The quantitative estimate of drug-likeness (QED) is 0.278. The second-order valence-corrected chi connectivity index (χ2v) is 11.4. The first kappa shape index (κ1) is 26.0. The molecule has 1 fully saturated rings. The highest BCUT2D eigenvalue weighted by atomic mass is 16.3. The monoisotopic (exact) mass is 535 g/mol. The third-order valence-corrected chi connectivity index (χ3v) is 7.79. The minimum atomic E-state index is -0.992. The van der Waals surface area contributed by atoms with E-state index in [-0.39, 0.29) is 30.0 Å². The molecule has 2 heterocycles. The normalized spacial score (nSPS) is 17.8. The van der Waals surface area contributed by atoms with Gasteiger partial charge in [-0.05, 0) is 68.9 Å². The van der Waals surface area contributed by atoms with Crippen LogP contribution in [0, 0.1) is 0 Å². The van der Waals surface area contributed by atoms with E-state index in [4.69, 9.17) is 0 Å². The predicted molar refractivity (Wildman–Crippen MR) is 156 cm³/mol. The lowest BCUT2D eigenvalue weighted by Crippen LogP contribution is -2.38. The van der Waals surface area contributed by atoms with E-state index in [1.807, 2.05) is 72.8 Å². The summed E-state index contributed by atoms with van der Waals surface area (Å²) >= 11 is 0. The van der Waals surface area contributed by atoms with E-state index in [0.717, 1.165) is 58.8 Å². The molecule has 3 N–H and O–H groups in total. The molecule has 0 saturated heterocycles. The van der Waals surface area contributed by atoms with Crippen LogP contribution < -0.4 is 10.9 Å². The Balaban J connectivity index is 1.22. The minimum absolute atomic E-state index is 0.0239. The highest BCUT2D eigenvalue weighted by Gasteiger charge is 2.28. The minimum Gasteiger partial charge on any atom is -0.389 e. The van der Waals surface area contributed by atoms with E-state index < -0.39 is 5.60 Å².